The van der Waals surface area contributed by atoms with Gasteiger partial charge in [0.1, 0.15) is 0 Å². The molecule has 7 heteroatoms. The monoisotopic (exact) mass is 380 g/mol. The molecule has 0 heterocycles. The number of carbonyl (C=O) groups is 2. The second-order valence-corrected chi connectivity index (χ2v) is 6.23. The van der Waals surface area contributed by atoms with Crippen molar-refractivity contribution in [3.05, 3.63) is 27.2 Å². The van der Waals surface area contributed by atoms with Crippen molar-refractivity contribution in [2.24, 2.45) is 5.41 Å². The maximum atomic E-state index is 12.6. The third-order valence-corrected chi connectivity index (χ3v) is 4.62. The first-order valence-electron chi connectivity index (χ1n) is 7.36. The molecule has 0 fully saturated rings. The normalized spacial score (nSPS) is 11.2. The van der Waals surface area contributed by atoms with Gasteiger partial charge >= 0.3 is 11.9 Å². The van der Waals surface area contributed by atoms with Crippen LogP contribution in [-0.2, 0) is 14.3 Å². The Labute approximate surface area is 151 Å². The lowest BCUT2D eigenvalue weighted by atomic mass is 9.82. The van der Waals surface area contributed by atoms with Gasteiger partial charge in [-0.15, -0.1) is 0 Å². The van der Waals surface area contributed by atoms with E-state index in [0.717, 1.165) is 0 Å². The molecule has 0 aliphatic heterocycles. The molecule has 1 rings (SSSR count). The van der Waals surface area contributed by atoms with Crippen LogP contribution in [0.5, 0.6) is 5.75 Å². The van der Waals surface area contributed by atoms with Gasteiger partial charge in [0.25, 0.3) is 0 Å². The molecular formula is C16H19Cl3O4. The van der Waals surface area contributed by atoms with Crippen LogP contribution in [0.1, 0.15) is 40.0 Å². The van der Waals surface area contributed by atoms with Crippen molar-refractivity contribution in [2.45, 2.75) is 40.0 Å². The van der Waals surface area contributed by atoms with E-state index in [0.29, 0.717) is 6.42 Å². The van der Waals surface area contributed by atoms with Gasteiger partial charge in [-0.25, -0.2) is 0 Å². The van der Waals surface area contributed by atoms with Crippen LogP contribution in [0, 0.1) is 5.41 Å². The molecule has 128 valence electrons. The largest absolute Gasteiger partial charge is 0.465 e. The first-order valence-corrected chi connectivity index (χ1v) is 8.49. The third kappa shape index (κ3) is 4.52. The zero-order valence-corrected chi connectivity index (χ0v) is 15.5. The number of halogens is 3. The molecule has 0 saturated carbocycles. The lowest BCUT2D eigenvalue weighted by molar-refractivity contribution is -0.168. The Kier molecular flexibility index (Phi) is 7.65. The van der Waals surface area contributed by atoms with Crippen LogP contribution in [0.3, 0.4) is 0 Å². The summed E-state index contributed by atoms with van der Waals surface area (Å²) in [5.41, 5.74) is -1.37. The van der Waals surface area contributed by atoms with Gasteiger partial charge in [0, 0.05) is 6.07 Å². The minimum Gasteiger partial charge on any atom is -0.465 e. The molecule has 0 spiro atoms. The number of hydrogen-bond donors (Lipinski definition) is 0. The zero-order chi connectivity index (χ0) is 17.6. The number of rotatable bonds is 7. The average molecular weight is 382 g/mol. The highest BCUT2D eigenvalue weighted by atomic mass is 35.5. The Morgan fingerprint density at radius 3 is 2.04 bits per heavy atom. The molecule has 0 amide bonds. The van der Waals surface area contributed by atoms with E-state index >= 15 is 0 Å². The minimum atomic E-state index is -1.37. The second kappa shape index (κ2) is 8.76. The summed E-state index contributed by atoms with van der Waals surface area (Å²) in [6.45, 7) is 5.59. The summed E-state index contributed by atoms with van der Waals surface area (Å²) in [5.74, 6) is -1.25. The van der Waals surface area contributed by atoms with E-state index in [2.05, 4.69) is 0 Å². The Bertz CT molecular complexity index is 583. The molecule has 1 aromatic carbocycles. The molecular weight excluding hydrogens is 363 g/mol. The van der Waals surface area contributed by atoms with E-state index in [-0.39, 0.29) is 40.3 Å². The van der Waals surface area contributed by atoms with Crippen LogP contribution in [0.4, 0.5) is 0 Å². The van der Waals surface area contributed by atoms with E-state index in [1.807, 2.05) is 6.92 Å². The molecule has 0 aliphatic carbocycles. The summed E-state index contributed by atoms with van der Waals surface area (Å²) in [6.07, 6.45) is 1.18. The summed E-state index contributed by atoms with van der Waals surface area (Å²) in [4.78, 5) is 24.9. The van der Waals surface area contributed by atoms with Crippen LogP contribution in [0.2, 0.25) is 15.1 Å². The van der Waals surface area contributed by atoms with Crippen molar-refractivity contribution in [3.8, 4) is 5.75 Å². The van der Waals surface area contributed by atoms with E-state index in [4.69, 9.17) is 44.3 Å². The Hall–Kier alpha value is -0.970. The molecule has 0 bridgehead atoms. The van der Waals surface area contributed by atoms with Crippen molar-refractivity contribution in [1.82, 2.24) is 0 Å². The van der Waals surface area contributed by atoms with E-state index < -0.39 is 17.4 Å². The van der Waals surface area contributed by atoms with Gasteiger partial charge in [-0.05, 0) is 25.3 Å². The molecule has 1 aromatic rings. The number of esters is 2. The minimum absolute atomic E-state index is 0.0561. The Balaban J connectivity index is 3.08. The number of ether oxygens (including phenoxy) is 2. The number of hydrogen-bond acceptors (Lipinski definition) is 4. The summed E-state index contributed by atoms with van der Waals surface area (Å²) < 4.78 is 10.5. The molecule has 23 heavy (non-hydrogen) atoms. The third-order valence-electron chi connectivity index (χ3n) is 3.60. The highest BCUT2D eigenvalue weighted by Crippen LogP contribution is 2.37. The fourth-order valence-corrected chi connectivity index (χ4v) is 2.60. The van der Waals surface area contributed by atoms with Gasteiger partial charge in [-0.1, -0.05) is 55.6 Å². The summed E-state index contributed by atoms with van der Waals surface area (Å²) in [7, 11) is 0. The zero-order valence-electron chi connectivity index (χ0n) is 13.3. The second-order valence-electron chi connectivity index (χ2n) is 5.01. The molecule has 0 saturated heterocycles. The van der Waals surface area contributed by atoms with Gasteiger partial charge < -0.3 is 9.47 Å². The van der Waals surface area contributed by atoms with Crippen LogP contribution in [0.25, 0.3) is 0 Å². The van der Waals surface area contributed by atoms with Gasteiger partial charge in [0.15, 0.2) is 11.2 Å². The van der Waals surface area contributed by atoms with E-state index in [9.17, 15) is 9.59 Å². The van der Waals surface area contributed by atoms with Crippen LogP contribution in [-0.4, -0.2) is 18.5 Å². The van der Waals surface area contributed by atoms with Crippen molar-refractivity contribution in [2.75, 3.05) is 6.61 Å². The molecule has 0 N–H and O–H groups in total. The van der Waals surface area contributed by atoms with Crippen molar-refractivity contribution in [1.29, 1.82) is 0 Å². The van der Waals surface area contributed by atoms with Crippen molar-refractivity contribution >= 4 is 46.7 Å². The molecule has 0 unspecified atom stereocenters. The summed E-state index contributed by atoms with van der Waals surface area (Å²) >= 11 is 17.8. The Morgan fingerprint density at radius 1 is 0.957 bits per heavy atom. The SMILES string of the molecule is CCCOC(=O)C(CC)(CC)C(=O)Oc1cc(Cl)c(Cl)cc1Cl. The first kappa shape index (κ1) is 20.1. The van der Waals surface area contributed by atoms with Crippen molar-refractivity contribution < 1.29 is 19.1 Å². The first-order chi connectivity index (χ1) is 10.8. The van der Waals surface area contributed by atoms with Crippen molar-refractivity contribution in [3.63, 3.8) is 0 Å². The standard InChI is InChI=1S/C16H19Cl3O4/c1-4-7-22-14(20)16(5-2,6-3)15(21)23-13-9-11(18)10(17)8-12(13)19/h8-9H,4-7H2,1-3H3. The lowest BCUT2D eigenvalue weighted by Gasteiger charge is -2.26. The van der Waals surface area contributed by atoms with Crippen LogP contribution in [0.15, 0.2) is 12.1 Å². The number of carbonyl (C=O) groups excluding carboxylic acids is 2. The molecule has 0 radical (unpaired) electrons. The predicted octanol–water partition coefficient (Wildman–Crippen LogP) is 5.31. The lowest BCUT2D eigenvalue weighted by Crippen LogP contribution is -2.42. The molecule has 0 aromatic heterocycles. The van der Waals surface area contributed by atoms with Gasteiger partial charge in [-0.3, -0.25) is 9.59 Å². The maximum Gasteiger partial charge on any atom is 0.328 e. The fourth-order valence-electron chi connectivity index (χ4n) is 2.02. The van der Waals surface area contributed by atoms with E-state index in [1.54, 1.807) is 13.8 Å². The number of benzene rings is 1. The highest BCUT2D eigenvalue weighted by Gasteiger charge is 2.46. The molecule has 0 aliphatic rings. The molecule has 4 nitrogen and oxygen atoms in total. The average Bonchev–Trinajstić information content (AvgIpc) is 2.52. The maximum absolute atomic E-state index is 12.6. The molecule has 0 atom stereocenters. The highest BCUT2D eigenvalue weighted by molar-refractivity contribution is 6.43. The van der Waals surface area contributed by atoms with E-state index in [1.165, 1.54) is 12.1 Å². The fraction of sp³-hybridized carbons (Fsp3) is 0.500. The van der Waals surface area contributed by atoms with Gasteiger partial charge in [-0.2, -0.15) is 0 Å². The summed E-state index contributed by atoms with van der Waals surface area (Å²) in [5, 5.41) is 0.581. The van der Waals surface area contributed by atoms with Gasteiger partial charge in [0.2, 0.25) is 0 Å². The smallest absolute Gasteiger partial charge is 0.328 e. The van der Waals surface area contributed by atoms with Crippen LogP contribution < -0.4 is 4.74 Å². The van der Waals surface area contributed by atoms with Gasteiger partial charge in [0.05, 0.1) is 21.7 Å². The quantitative estimate of drug-likeness (QED) is 0.278. The predicted molar refractivity (Wildman–Crippen MR) is 91.4 cm³/mol. The topological polar surface area (TPSA) is 52.6 Å². The Morgan fingerprint density at radius 2 is 1.52 bits per heavy atom. The van der Waals surface area contributed by atoms with Crippen LogP contribution >= 0.6 is 34.8 Å². The summed E-state index contributed by atoms with van der Waals surface area (Å²) in [6, 6.07) is 2.72.